The fraction of sp³-hybridized carbons (Fsp3) is 0.554. The summed E-state index contributed by atoms with van der Waals surface area (Å²) in [6.45, 7) is 6.22. The maximum Gasteiger partial charge on any atom is 0.306 e. The van der Waals surface area contributed by atoms with Crippen LogP contribution >= 0.6 is 0 Å². The van der Waals surface area contributed by atoms with Crippen molar-refractivity contribution >= 4 is 17.9 Å². The molecule has 1 unspecified atom stereocenters. The Bertz CT molecular complexity index is 1400. The van der Waals surface area contributed by atoms with Crippen LogP contribution in [0.4, 0.5) is 0 Å². The molecule has 0 N–H and O–H groups in total. The van der Waals surface area contributed by atoms with Gasteiger partial charge < -0.3 is 14.2 Å². The highest BCUT2D eigenvalue weighted by atomic mass is 16.6. The Morgan fingerprint density at radius 2 is 0.629 bits per heavy atom. The molecule has 0 spiro atoms. The third-order valence-electron chi connectivity index (χ3n) is 9.62. The maximum atomic E-state index is 12.7. The number of unbranched alkanes of at least 4 members (excludes halogenated alkanes) is 16. The summed E-state index contributed by atoms with van der Waals surface area (Å²) in [5.41, 5.74) is 0. The van der Waals surface area contributed by atoms with Crippen molar-refractivity contribution in [3.63, 3.8) is 0 Å². The van der Waals surface area contributed by atoms with Crippen molar-refractivity contribution in [3.8, 4) is 0 Å². The summed E-state index contributed by atoms with van der Waals surface area (Å²) in [5, 5.41) is 0. The van der Waals surface area contributed by atoms with Crippen LogP contribution in [0, 0.1) is 0 Å². The molecule has 0 rings (SSSR count). The molecule has 6 heteroatoms. The van der Waals surface area contributed by atoms with Gasteiger partial charge in [0.1, 0.15) is 13.2 Å². The summed E-state index contributed by atoms with van der Waals surface area (Å²) in [6.07, 6.45) is 68.6. The topological polar surface area (TPSA) is 78.9 Å². The van der Waals surface area contributed by atoms with Gasteiger partial charge >= 0.3 is 17.9 Å². The Kier molecular flexibility index (Phi) is 45.7. The van der Waals surface area contributed by atoms with E-state index in [0.29, 0.717) is 19.3 Å². The van der Waals surface area contributed by atoms with Gasteiger partial charge in [-0.25, -0.2) is 0 Å². The van der Waals surface area contributed by atoms with Crippen LogP contribution in [-0.2, 0) is 28.6 Å². The molecule has 0 aromatic rings. The number of allylic oxidation sites excluding steroid dienone is 22. The fourth-order valence-electron chi connectivity index (χ4n) is 5.99. The predicted octanol–water partition coefficient (Wildman–Crippen LogP) is 15.9. The summed E-state index contributed by atoms with van der Waals surface area (Å²) in [5.74, 6) is -1.01. The van der Waals surface area contributed by atoms with Gasteiger partial charge in [-0.1, -0.05) is 212 Å². The predicted molar refractivity (Wildman–Crippen MR) is 265 cm³/mol. The van der Waals surface area contributed by atoms with Crippen molar-refractivity contribution in [2.45, 2.75) is 187 Å². The van der Waals surface area contributed by atoms with E-state index in [1.54, 1.807) is 0 Å². The van der Waals surface area contributed by atoms with Crippen molar-refractivity contribution in [1.29, 1.82) is 0 Å². The summed E-state index contributed by atoms with van der Waals surface area (Å²) in [7, 11) is 0. The van der Waals surface area contributed by atoms with Crippen LogP contribution in [0.25, 0.3) is 0 Å². The van der Waals surface area contributed by atoms with Crippen LogP contribution < -0.4 is 0 Å². The second-order valence-electron chi connectivity index (χ2n) is 15.5. The second kappa shape index (κ2) is 49.2. The molecule has 346 valence electrons. The lowest BCUT2D eigenvalue weighted by molar-refractivity contribution is -0.167. The molecule has 6 nitrogen and oxygen atoms in total. The molecule has 0 bridgehead atoms. The quantitative estimate of drug-likeness (QED) is 0.0264. The summed E-state index contributed by atoms with van der Waals surface area (Å²) in [6, 6.07) is 0. The summed E-state index contributed by atoms with van der Waals surface area (Å²) < 4.78 is 16.7. The Balaban J connectivity index is 4.54. The van der Waals surface area contributed by atoms with E-state index < -0.39 is 6.10 Å². The summed E-state index contributed by atoms with van der Waals surface area (Å²) in [4.78, 5) is 37.9. The highest BCUT2D eigenvalue weighted by molar-refractivity contribution is 5.71. The molecule has 0 fully saturated rings. The highest BCUT2D eigenvalue weighted by Crippen LogP contribution is 2.12. The Morgan fingerprint density at radius 3 is 1.00 bits per heavy atom. The normalized spacial score (nSPS) is 13.3. The Labute approximate surface area is 379 Å². The largest absolute Gasteiger partial charge is 0.462 e. The minimum absolute atomic E-state index is 0.118. The van der Waals surface area contributed by atoms with Crippen molar-refractivity contribution < 1.29 is 28.6 Å². The second-order valence-corrected chi connectivity index (χ2v) is 15.5. The molecular formula is C56H86O6. The third-order valence-corrected chi connectivity index (χ3v) is 9.62. The number of ether oxygens (including phenoxy) is 3. The van der Waals surface area contributed by atoms with Gasteiger partial charge in [0, 0.05) is 19.3 Å². The van der Waals surface area contributed by atoms with E-state index in [0.717, 1.165) is 116 Å². The molecule has 0 aromatic carbocycles. The van der Waals surface area contributed by atoms with E-state index in [1.165, 1.54) is 19.3 Å². The first kappa shape index (κ1) is 57.5. The van der Waals surface area contributed by atoms with Gasteiger partial charge in [0.05, 0.1) is 0 Å². The van der Waals surface area contributed by atoms with Crippen LogP contribution in [-0.4, -0.2) is 37.2 Å². The average Bonchev–Trinajstić information content (AvgIpc) is 3.27. The molecule has 0 aliphatic rings. The minimum atomic E-state index is -0.821. The molecule has 1 atom stereocenters. The van der Waals surface area contributed by atoms with Gasteiger partial charge in [0.15, 0.2) is 6.10 Å². The first-order valence-corrected chi connectivity index (χ1v) is 24.3. The van der Waals surface area contributed by atoms with Gasteiger partial charge in [-0.3, -0.25) is 14.4 Å². The smallest absolute Gasteiger partial charge is 0.306 e. The van der Waals surface area contributed by atoms with Gasteiger partial charge in [0.25, 0.3) is 0 Å². The van der Waals surface area contributed by atoms with E-state index in [9.17, 15) is 14.4 Å². The zero-order chi connectivity index (χ0) is 45.1. The molecule has 0 amide bonds. The lowest BCUT2D eigenvalue weighted by atomic mass is 10.1. The van der Waals surface area contributed by atoms with Gasteiger partial charge in [-0.15, -0.1) is 0 Å². The first-order valence-electron chi connectivity index (χ1n) is 24.3. The van der Waals surface area contributed by atoms with Crippen molar-refractivity contribution in [1.82, 2.24) is 0 Å². The first-order chi connectivity index (χ1) is 30.5. The SMILES string of the molecule is CC\C=C/C=C\C=C/C=C\CCCCCC(=O)OC(COC(=O)CCCCCCC\C=C/C=C\C=C/C=C\CCCCC)COC(=O)CCCCCCC\C=C/C=C\C=C/CC. The van der Waals surface area contributed by atoms with E-state index in [2.05, 4.69) is 112 Å². The molecular weight excluding hydrogens is 769 g/mol. The van der Waals surface area contributed by atoms with E-state index in [4.69, 9.17) is 14.2 Å². The van der Waals surface area contributed by atoms with Crippen LogP contribution in [0.1, 0.15) is 181 Å². The Hall–Kier alpha value is -4.45. The maximum absolute atomic E-state index is 12.7. The molecule has 0 radical (unpaired) electrons. The number of carbonyl (C=O) groups excluding carboxylic acids is 3. The van der Waals surface area contributed by atoms with Gasteiger partial charge in [0.2, 0.25) is 0 Å². The van der Waals surface area contributed by atoms with Crippen molar-refractivity contribution in [3.05, 3.63) is 134 Å². The van der Waals surface area contributed by atoms with Crippen LogP contribution in [0.5, 0.6) is 0 Å². The molecule has 0 heterocycles. The van der Waals surface area contributed by atoms with E-state index in [1.807, 2.05) is 42.5 Å². The summed E-state index contributed by atoms with van der Waals surface area (Å²) >= 11 is 0. The number of esters is 3. The zero-order valence-corrected chi connectivity index (χ0v) is 39.3. The number of rotatable bonds is 41. The third kappa shape index (κ3) is 46.6. The number of hydrogen-bond donors (Lipinski definition) is 0. The molecule has 0 aliphatic carbocycles. The molecule has 0 saturated heterocycles. The van der Waals surface area contributed by atoms with Crippen molar-refractivity contribution in [2.24, 2.45) is 0 Å². The fourth-order valence-corrected chi connectivity index (χ4v) is 5.99. The monoisotopic (exact) mass is 855 g/mol. The molecule has 0 saturated carbocycles. The van der Waals surface area contributed by atoms with Crippen LogP contribution in [0.15, 0.2) is 134 Å². The standard InChI is InChI=1S/C56H86O6/c1-4-7-10-13-16-19-22-25-26-27-28-29-32-34-37-40-43-46-49-55(58)61-52-53(62-56(59)50-47-44-41-38-35-31-24-21-18-15-12-9-6-3)51-60-54(57)48-45-42-39-36-33-30-23-20-17-14-11-8-5-2/h8-9,11-12,14-29,31,35,53H,4-7,10,13,30,32-34,36-52H2,1-3H3/b11-8-,12-9-,17-14-,18-15-,19-16-,23-20-,24-21-,25-22-,27-26-,29-28-,35-31-. The molecule has 62 heavy (non-hydrogen) atoms. The van der Waals surface area contributed by atoms with Crippen molar-refractivity contribution in [2.75, 3.05) is 13.2 Å². The average molecular weight is 855 g/mol. The number of hydrogen-bond acceptors (Lipinski definition) is 6. The van der Waals surface area contributed by atoms with E-state index in [-0.39, 0.29) is 37.5 Å². The van der Waals surface area contributed by atoms with Gasteiger partial charge in [-0.05, 0) is 83.5 Å². The minimum Gasteiger partial charge on any atom is -0.462 e. The zero-order valence-electron chi connectivity index (χ0n) is 39.3. The lowest BCUT2D eigenvalue weighted by Gasteiger charge is -2.18. The molecule has 0 aromatic heterocycles. The Morgan fingerprint density at radius 1 is 0.339 bits per heavy atom. The van der Waals surface area contributed by atoms with E-state index >= 15 is 0 Å². The van der Waals surface area contributed by atoms with Gasteiger partial charge in [-0.2, -0.15) is 0 Å². The van der Waals surface area contributed by atoms with Crippen LogP contribution in [0.2, 0.25) is 0 Å². The highest BCUT2D eigenvalue weighted by Gasteiger charge is 2.19. The molecule has 0 aliphatic heterocycles. The lowest BCUT2D eigenvalue weighted by Crippen LogP contribution is -2.30. The van der Waals surface area contributed by atoms with Crippen LogP contribution in [0.3, 0.4) is 0 Å². The number of carbonyl (C=O) groups is 3.